The number of benzene rings is 2. The molecule has 0 unspecified atom stereocenters. The van der Waals surface area contributed by atoms with E-state index in [1.54, 1.807) is 0 Å². The summed E-state index contributed by atoms with van der Waals surface area (Å²) in [5.74, 6) is 0.0696. The minimum Gasteiger partial charge on any atom is -0.385 e. The summed E-state index contributed by atoms with van der Waals surface area (Å²) in [6, 6.07) is 16.2. The van der Waals surface area contributed by atoms with Gasteiger partial charge in [0.1, 0.15) is 0 Å². The van der Waals surface area contributed by atoms with Crippen LogP contribution in [0, 0.1) is 0 Å². The van der Waals surface area contributed by atoms with Crippen LogP contribution in [0.25, 0.3) is 0 Å². The van der Waals surface area contributed by atoms with E-state index in [9.17, 15) is 4.79 Å². The van der Waals surface area contributed by atoms with Gasteiger partial charge in [0.2, 0.25) is 5.91 Å². The molecule has 1 aliphatic heterocycles. The molecule has 2 N–H and O–H groups in total. The van der Waals surface area contributed by atoms with Crippen LogP contribution in [-0.4, -0.2) is 32.1 Å². The van der Waals surface area contributed by atoms with Gasteiger partial charge in [-0.2, -0.15) is 0 Å². The highest BCUT2D eigenvalue weighted by molar-refractivity contribution is 6.30. The number of carbonyl (C=O) groups excluding carboxylic acids is 1. The molecule has 0 atom stereocenters. The lowest BCUT2D eigenvalue weighted by molar-refractivity contribution is -0.120. The van der Waals surface area contributed by atoms with E-state index in [0.717, 1.165) is 30.2 Å². The predicted octanol–water partition coefficient (Wildman–Crippen LogP) is 4.10. The zero-order valence-electron chi connectivity index (χ0n) is 15.0. The molecule has 1 aliphatic rings. The van der Waals surface area contributed by atoms with Crippen LogP contribution >= 0.6 is 11.6 Å². The lowest BCUT2D eigenvalue weighted by Crippen LogP contribution is -2.27. The Morgan fingerprint density at radius 3 is 2.35 bits per heavy atom. The van der Waals surface area contributed by atoms with Crippen molar-refractivity contribution in [2.24, 2.45) is 0 Å². The maximum atomic E-state index is 11.9. The molecule has 0 radical (unpaired) electrons. The molecule has 5 heteroatoms. The SMILES string of the molecule is O=C(CCNc1ccc(N2CCCC2)cc1)NCCc1ccc(Cl)cc1. The fourth-order valence-electron chi connectivity index (χ4n) is 3.17. The van der Waals surface area contributed by atoms with Crippen LogP contribution in [0.4, 0.5) is 11.4 Å². The van der Waals surface area contributed by atoms with Crippen LogP contribution < -0.4 is 15.5 Å². The van der Waals surface area contributed by atoms with Crippen molar-refractivity contribution >= 4 is 28.9 Å². The van der Waals surface area contributed by atoms with Gasteiger partial charge >= 0.3 is 0 Å². The molecule has 2 aromatic carbocycles. The molecule has 4 nitrogen and oxygen atoms in total. The number of anilines is 2. The highest BCUT2D eigenvalue weighted by Crippen LogP contribution is 2.21. The average molecular weight is 372 g/mol. The lowest BCUT2D eigenvalue weighted by atomic mass is 10.1. The van der Waals surface area contributed by atoms with E-state index in [0.29, 0.717) is 19.5 Å². The molecule has 0 aromatic heterocycles. The van der Waals surface area contributed by atoms with Gasteiger partial charge in [-0.1, -0.05) is 23.7 Å². The minimum atomic E-state index is 0.0696. The smallest absolute Gasteiger partial charge is 0.221 e. The molecule has 0 aliphatic carbocycles. The Kier molecular flexibility index (Phi) is 6.78. The first kappa shape index (κ1) is 18.6. The number of hydrogen-bond acceptors (Lipinski definition) is 3. The zero-order valence-corrected chi connectivity index (χ0v) is 15.8. The van der Waals surface area contributed by atoms with E-state index >= 15 is 0 Å². The van der Waals surface area contributed by atoms with Crippen LogP contribution in [-0.2, 0) is 11.2 Å². The van der Waals surface area contributed by atoms with Gasteiger partial charge in [-0.25, -0.2) is 0 Å². The third kappa shape index (κ3) is 5.67. The molecule has 3 rings (SSSR count). The number of hydrogen-bond donors (Lipinski definition) is 2. The number of nitrogens with zero attached hydrogens (tertiary/aromatic N) is 1. The second kappa shape index (κ2) is 9.48. The van der Waals surface area contributed by atoms with Gasteiger partial charge in [-0.15, -0.1) is 0 Å². The third-order valence-corrected chi connectivity index (χ3v) is 4.92. The Labute approximate surface area is 160 Å². The van der Waals surface area contributed by atoms with Crippen molar-refractivity contribution in [2.45, 2.75) is 25.7 Å². The molecule has 1 fully saturated rings. The normalized spacial score (nSPS) is 13.7. The van der Waals surface area contributed by atoms with Gasteiger partial charge in [-0.05, 0) is 61.2 Å². The molecule has 0 saturated carbocycles. The van der Waals surface area contributed by atoms with E-state index < -0.39 is 0 Å². The van der Waals surface area contributed by atoms with E-state index in [1.165, 1.54) is 24.1 Å². The van der Waals surface area contributed by atoms with Crippen LogP contribution in [0.2, 0.25) is 5.02 Å². The van der Waals surface area contributed by atoms with E-state index in [1.807, 2.05) is 24.3 Å². The monoisotopic (exact) mass is 371 g/mol. The zero-order chi connectivity index (χ0) is 18.2. The summed E-state index contributed by atoms with van der Waals surface area (Å²) in [5.41, 5.74) is 3.51. The summed E-state index contributed by atoms with van der Waals surface area (Å²) in [6.07, 6.45) is 3.85. The molecular formula is C21H26ClN3O. The van der Waals surface area contributed by atoms with Crippen molar-refractivity contribution < 1.29 is 4.79 Å². The molecule has 0 bridgehead atoms. The molecular weight excluding hydrogens is 346 g/mol. The molecule has 1 amide bonds. The van der Waals surface area contributed by atoms with Crippen molar-refractivity contribution in [2.75, 3.05) is 36.4 Å². The summed E-state index contributed by atoms with van der Waals surface area (Å²) < 4.78 is 0. The van der Waals surface area contributed by atoms with Gasteiger partial charge in [-0.3, -0.25) is 4.79 Å². The lowest BCUT2D eigenvalue weighted by Gasteiger charge is -2.18. The predicted molar refractivity (Wildman–Crippen MR) is 109 cm³/mol. The summed E-state index contributed by atoms with van der Waals surface area (Å²) in [5, 5.41) is 7.01. The Morgan fingerprint density at radius 2 is 1.65 bits per heavy atom. The van der Waals surface area contributed by atoms with Gasteiger partial charge in [0.15, 0.2) is 0 Å². The molecule has 1 saturated heterocycles. The number of rotatable bonds is 8. The molecule has 1 heterocycles. The topological polar surface area (TPSA) is 44.4 Å². The summed E-state index contributed by atoms with van der Waals surface area (Å²) in [6.45, 7) is 3.59. The molecule has 138 valence electrons. The van der Waals surface area contributed by atoms with Gasteiger partial charge in [0.25, 0.3) is 0 Å². The van der Waals surface area contributed by atoms with Crippen molar-refractivity contribution in [1.82, 2.24) is 5.32 Å². The summed E-state index contributed by atoms with van der Waals surface area (Å²) in [4.78, 5) is 14.3. The highest BCUT2D eigenvalue weighted by Gasteiger charge is 2.11. The van der Waals surface area contributed by atoms with Crippen LogP contribution in [0.1, 0.15) is 24.8 Å². The minimum absolute atomic E-state index is 0.0696. The summed E-state index contributed by atoms with van der Waals surface area (Å²) >= 11 is 5.87. The van der Waals surface area contributed by atoms with E-state index in [-0.39, 0.29) is 5.91 Å². The van der Waals surface area contributed by atoms with Crippen LogP contribution in [0.5, 0.6) is 0 Å². The number of amides is 1. The number of nitrogens with one attached hydrogen (secondary N) is 2. The Morgan fingerprint density at radius 1 is 0.962 bits per heavy atom. The van der Waals surface area contributed by atoms with Crippen molar-refractivity contribution in [1.29, 1.82) is 0 Å². The van der Waals surface area contributed by atoms with Crippen molar-refractivity contribution in [3.05, 3.63) is 59.1 Å². The van der Waals surface area contributed by atoms with Crippen LogP contribution in [0.3, 0.4) is 0 Å². The second-order valence-electron chi connectivity index (χ2n) is 6.64. The first-order valence-corrected chi connectivity index (χ1v) is 9.68. The maximum absolute atomic E-state index is 11.9. The fourth-order valence-corrected chi connectivity index (χ4v) is 3.30. The maximum Gasteiger partial charge on any atom is 0.221 e. The second-order valence-corrected chi connectivity index (χ2v) is 7.08. The fraction of sp³-hybridized carbons (Fsp3) is 0.381. The average Bonchev–Trinajstić information content (AvgIpc) is 3.19. The highest BCUT2D eigenvalue weighted by atomic mass is 35.5. The number of halogens is 1. The largest absolute Gasteiger partial charge is 0.385 e. The standard InChI is InChI=1S/C21H26ClN3O/c22-18-5-3-17(4-6-18)11-13-24-21(26)12-14-23-19-7-9-20(10-8-19)25-15-1-2-16-25/h3-10,23H,1-2,11-16H2,(H,24,26). The van der Waals surface area contributed by atoms with Gasteiger partial charge in [0, 0.05) is 49.0 Å². The Bertz CT molecular complexity index is 694. The first-order chi connectivity index (χ1) is 12.7. The first-order valence-electron chi connectivity index (χ1n) is 9.31. The van der Waals surface area contributed by atoms with Gasteiger partial charge in [0.05, 0.1) is 0 Å². The quantitative estimate of drug-likeness (QED) is 0.734. The Hall–Kier alpha value is -2.20. The molecule has 2 aromatic rings. The summed E-state index contributed by atoms with van der Waals surface area (Å²) in [7, 11) is 0. The van der Waals surface area contributed by atoms with E-state index in [2.05, 4.69) is 39.8 Å². The van der Waals surface area contributed by atoms with Gasteiger partial charge < -0.3 is 15.5 Å². The van der Waals surface area contributed by atoms with Crippen molar-refractivity contribution in [3.63, 3.8) is 0 Å². The number of carbonyl (C=O) groups is 1. The van der Waals surface area contributed by atoms with E-state index in [4.69, 9.17) is 11.6 Å². The molecule has 26 heavy (non-hydrogen) atoms. The van der Waals surface area contributed by atoms with Crippen molar-refractivity contribution in [3.8, 4) is 0 Å². The van der Waals surface area contributed by atoms with Crippen LogP contribution in [0.15, 0.2) is 48.5 Å². The Balaban J connectivity index is 1.32. The molecule has 0 spiro atoms. The third-order valence-electron chi connectivity index (χ3n) is 4.67.